The van der Waals surface area contributed by atoms with Crippen molar-refractivity contribution in [2.75, 3.05) is 25.6 Å². The van der Waals surface area contributed by atoms with Gasteiger partial charge in [-0.25, -0.2) is 0 Å². The van der Waals surface area contributed by atoms with Crippen molar-refractivity contribution >= 4 is 17.4 Å². The van der Waals surface area contributed by atoms with Crippen LogP contribution in [0.2, 0.25) is 0 Å². The van der Waals surface area contributed by atoms with Gasteiger partial charge >= 0.3 is 0 Å². The number of ether oxygens (including phenoxy) is 1. The standard InChI is InChI=1S/C10H15ClN2O/c1-8(11)7-13(2)9-5-4-6-10(12-9)14-3/h4-6,8H,7H2,1-3H3. The van der Waals surface area contributed by atoms with Crippen LogP contribution < -0.4 is 9.64 Å². The van der Waals surface area contributed by atoms with Crippen molar-refractivity contribution in [1.29, 1.82) is 0 Å². The van der Waals surface area contributed by atoms with E-state index in [0.29, 0.717) is 5.88 Å². The highest BCUT2D eigenvalue weighted by Crippen LogP contribution is 2.14. The monoisotopic (exact) mass is 214 g/mol. The number of alkyl halides is 1. The molecule has 0 N–H and O–H groups in total. The zero-order valence-corrected chi connectivity index (χ0v) is 9.45. The molecule has 1 heterocycles. The maximum absolute atomic E-state index is 5.90. The maximum atomic E-state index is 5.90. The highest BCUT2D eigenvalue weighted by Gasteiger charge is 2.06. The van der Waals surface area contributed by atoms with Crippen molar-refractivity contribution in [2.45, 2.75) is 12.3 Å². The molecule has 0 radical (unpaired) electrons. The van der Waals surface area contributed by atoms with Gasteiger partial charge in [-0.2, -0.15) is 4.98 Å². The van der Waals surface area contributed by atoms with Gasteiger partial charge in [0.15, 0.2) is 0 Å². The summed E-state index contributed by atoms with van der Waals surface area (Å²) in [4.78, 5) is 6.29. The van der Waals surface area contributed by atoms with Gasteiger partial charge in [0.2, 0.25) is 5.88 Å². The van der Waals surface area contributed by atoms with Crippen molar-refractivity contribution in [3.63, 3.8) is 0 Å². The predicted molar refractivity (Wildman–Crippen MR) is 59.4 cm³/mol. The van der Waals surface area contributed by atoms with Crippen LogP contribution in [0.4, 0.5) is 5.82 Å². The minimum Gasteiger partial charge on any atom is -0.481 e. The Morgan fingerprint density at radius 2 is 2.29 bits per heavy atom. The van der Waals surface area contributed by atoms with Gasteiger partial charge in [-0.1, -0.05) is 6.07 Å². The molecule has 0 aliphatic rings. The fourth-order valence-corrected chi connectivity index (χ4v) is 1.41. The minimum atomic E-state index is 0.105. The Balaban J connectivity index is 2.73. The molecule has 0 fully saturated rings. The second-order valence-corrected chi connectivity index (χ2v) is 3.94. The molecule has 1 unspecified atom stereocenters. The Kier molecular flexibility index (Phi) is 4.01. The van der Waals surface area contributed by atoms with Crippen LogP contribution >= 0.6 is 11.6 Å². The largest absolute Gasteiger partial charge is 0.481 e. The van der Waals surface area contributed by atoms with Gasteiger partial charge in [0.05, 0.1) is 7.11 Å². The fraction of sp³-hybridized carbons (Fsp3) is 0.500. The zero-order chi connectivity index (χ0) is 10.6. The summed E-state index contributed by atoms with van der Waals surface area (Å²) in [5.74, 6) is 1.49. The van der Waals surface area contributed by atoms with Crippen molar-refractivity contribution in [3.8, 4) is 5.88 Å². The van der Waals surface area contributed by atoms with Gasteiger partial charge in [-0.05, 0) is 13.0 Å². The molecule has 0 saturated heterocycles. The molecular weight excluding hydrogens is 200 g/mol. The number of anilines is 1. The molecule has 1 aromatic rings. The number of halogens is 1. The number of aromatic nitrogens is 1. The summed E-state index contributed by atoms with van der Waals surface area (Å²) in [5.41, 5.74) is 0. The van der Waals surface area contributed by atoms with Crippen molar-refractivity contribution < 1.29 is 4.74 Å². The summed E-state index contributed by atoms with van der Waals surface area (Å²) in [6.07, 6.45) is 0. The van der Waals surface area contributed by atoms with Gasteiger partial charge in [0.1, 0.15) is 5.82 Å². The smallest absolute Gasteiger partial charge is 0.214 e. The van der Waals surface area contributed by atoms with Crippen molar-refractivity contribution in [3.05, 3.63) is 18.2 Å². The molecule has 0 amide bonds. The SMILES string of the molecule is COc1cccc(N(C)CC(C)Cl)n1. The fourth-order valence-electron chi connectivity index (χ4n) is 1.20. The van der Waals surface area contributed by atoms with Crippen LogP contribution in [0, 0.1) is 0 Å². The molecule has 0 bridgehead atoms. The van der Waals surface area contributed by atoms with E-state index in [1.807, 2.05) is 37.1 Å². The quantitative estimate of drug-likeness (QED) is 0.719. The lowest BCUT2D eigenvalue weighted by Crippen LogP contribution is -2.24. The number of rotatable bonds is 4. The average Bonchev–Trinajstić information content (AvgIpc) is 2.17. The minimum absolute atomic E-state index is 0.105. The van der Waals surface area contributed by atoms with E-state index in [4.69, 9.17) is 16.3 Å². The Labute approximate surface area is 89.7 Å². The molecule has 0 aliphatic heterocycles. The highest BCUT2D eigenvalue weighted by molar-refractivity contribution is 6.20. The van der Waals surface area contributed by atoms with Gasteiger partial charge in [-0.15, -0.1) is 11.6 Å². The number of hydrogen-bond acceptors (Lipinski definition) is 3. The van der Waals surface area contributed by atoms with Gasteiger partial charge in [0, 0.05) is 25.0 Å². The lowest BCUT2D eigenvalue weighted by Gasteiger charge is -2.19. The lowest BCUT2D eigenvalue weighted by molar-refractivity contribution is 0.398. The second kappa shape index (κ2) is 5.05. The topological polar surface area (TPSA) is 25.4 Å². The van der Waals surface area contributed by atoms with E-state index in [1.165, 1.54) is 0 Å². The van der Waals surface area contributed by atoms with E-state index in [-0.39, 0.29) is 5.38 Å². The first kappa shape index (κ1) is 11.1. The summed E-state index contributed by atoms with van der Waals surface area (Å²) < 4.78 is 5.04. The Morgan fingerprint density at radius 3 is 2.86 bits per heavy atom. The third-order valence-corrected chi connectivity index (χ3v) is 1.97. The van der Waals surface area contributed by atoms with Crippen LogP contribution in [0.5, 0.6) is 5.88 Å². The molecule has 0 aliphatic carbocycles. The van der Waals surface area contributed by atoms with Crippen LogP contribution in [0.25, 0.3) is 0 Å². The zero-order valence-electron chi connectivity index (χ0n) is 8.70. The predicted octanol–water partition coefficient (Wildman–Crippen LogP) is 2.15. The number of nitrogens with zero attached hydrogens (tertiary/aromatic N) is 2. The number of hydrogen-bond donors (Lipinski definition) is 0. The molecule has 4 heteroatoms. The third-order valence-electron chi connectivity index (χ3n) is 1.83. The molecule has 1 atom stereocenters. The number of pyridine rings is 1. The summed E-state index contributed by atoms with van der Waals surface area (Å²) in [7, 11) is 3.57. The maximum Gasteiger partial charge on any atom is 0.214 e. The summed E-state index contributed by atoms with van der Waals surface area (Å²) in [6.45, 7) is 2.72. The van der Waals surface area contributed by atoms with Gasteiger partial charge in [-0.3, -0.25) is 0 Å². The summed E-state index contributed by atoms with van der Waals surface area (Å²) in [6, 6.07) is 5.67. The van der Waals surface area contributed by atoms with E-state index < -0.39 is 0 Å². The van der Waals surface area contributed by atoms with Crippen LogP contribution in [0.1, 0.15) is 6.92 Å². The number of methoxy groups -OCH3 is 1. The normalized spacial score (nSPS) is 12.3. The molecular formula is C10H15ClN2O. The molecule has 0 spiro atoms. The Morgan fingerprint density at radius 1 is 1.57 bits per heavy atom. The summed E-state index contributed by atoms with van der Waals surface area (Å²) >= 11 is 5.90. The molecule has 0 saturated carbocycles. The Bertz CT molecular complexity index is 291. The van der Waals surface area contributed by atoms with Crippen molar-refractivity contribution in [2.24, 2.45) is 0 Å². The van der Waals surface area contributed by atoms with E-state index in [2.05, 4.69) is 4.98 Å². The first-order valence-electron chi connectivity index (χ1n) is 4.49. The first-order chi connectivity index (χ1) is 6.63. The van der Waals surface area contributed by atoms with E-state index in [9.17, 15) is 0 Å². The van der Waals surface area contributed by atoms with E-state index >= 15 is 0 Å². The van der Waals surface area contributed by atoms with Gasteiger partial charge in [0.25, 0.3) is 0 Å². The molecule has 1 aromatic heterocycles. The van der Waals surface area contributed by atoms with E-state index in [1.54, 1.807) is 7.11 Å². The highest BCUT2D eigenvalue weighted by atomic mass is 35.5. The van der Waals surface area contributed by atoms with E-state index in [0.717, 1.165) is 12.4 Å². The van der Waals surface area contributed by atoms with Crippen LogP contribution in [-0.2, 0) is 0 Å². The summed E-state index contributed by atoms with van der Waals surface area (Å²) in [5, 5.41) is 0.105. The first-order valence-corrected chi connectivity index (χ1v) is 4.93. The molecule has 1 rings (SSSR count). The molecule has 3 nitrogen and oxygen atoms in total. The Hall–Kier alpha value is -0.960. The third kappa shape index (κ3) is 3.07. The van der Waals surface area contributed by atoms with Crippen LogP contribution in [0.3, 0.4) is 0 Å². The van der Waals surface area contributed by atoms with Crippen LogP contribution in [0.15, 0.2) is 18.2 Å². The lowest BCUT2D eigenvalue weighted by atomic mass is 10.4. The second-order valence-electron chi connectivity index (χ2n) is 3.20. The molecule has 0 aromatic carbocycles. The van der Waals surface area contributed by atoms with Crippen molar-refractivity contribution in [1.82, 2.24) is 4.98 Å². The molecule has 14 heavy (non-hydrogen) atoms. The molecule has 78 valence electrons. The van der Waals surface area contributed by atoms with Crippen LogP contribution in [-0.4, -0.2) is 31.1 Å². The average molecular weight is 215 g/mol. The van der Waals surface area contributed by atoms with Gasteiger partial charge < -0.3 is 9.64 Å².